The molecule has 6 nitrogen and oxygen atoms in total. The zero-order valence-corrected chi connectivity index (χ0v) is 17.9. The van der Waals surface area contributed by atoms with E-state index in [1.807, 2.05) is 67.3 Å². The quantitative estimate of drug-likeness (QED) is 0.325. The fourth-order valence-electron chi connectivity index (χ4n) is 3.60. The number of hydrogen-bond acceptors (Lipinski definition) is 4. The summed E-state index contributed by atoms with van der Waals surface area (Å²) in [6, 6.07) is 18.3. The van der Waals surface area contributed by atoms with Crippen LogP contribution < -0.4 is 9.47 Å². The molecule has 2 heterocycles. The van der Waals surface area contributed by atoms with Gasteiger partial charge in [0.05, 0.1) is 11.4 Å². The van der Waals surface area contributed by atoms with E-state index >= 15 is 0 Å². The van der Waals surface area contributed by atoms with Crippen LogP contribution in [0.2, 0.25) is 0 Å². The van der Waals surface area contributed by atoms with E-state index in [2.05, 4.69) is 51.9 Å². The smallest absolute Gasteiger partial charge is 0.194 e. The molecule has 0 radical (unpaired) electrons. The molecule has 0 aliphatic rings. The van der Waals surface area contributed by atoms with Crippen LogP contribution >= 0.6 is 0 Å². The molecule has 0 atom stereocenters. The Morgan fingerprint density at radius 2 is 1.50 bits per heavy atom. The number of anilines is 1. The molecule has 0 aliphatic heterocycles. The van der Waals surface area contributed by atoms with Crippen LogP contribution in [0.4, 0.5) is 17.1 Å². The van der Waals surface area contributed by atoms with E-state index in [1.54, 1.807) is 0 Å². The van der Waals surface area contributed by atoms with Crippen molar-refractivity contribution in [2.45, 2.75) is 13.8 Å². The first kappa shape index (κ1) is 19.8. The molecular weight excluding hydrogens is 372 g/mol. The molecule has 0 aliphatic carbocycles. The Morgan fingerprint density at radius 1 is 0.900 bits per heavy atom. The monoisotopic (exact) mass is 399 g/mol. The molecule has 0 amide bonds. The lowest BCUT2D eigenvalue weighted by Gasteiger charge is -2.20. The molecule has 152 valence electrons. The summed E-state index contributed by atoms with van der Waals surface area (Å²) in [5.74, 6) is 0.937. The molecule has 0 saturated carbocycles. The Bertz CT molecular complexity index is 1170. The van der Waals surface area contributed by atoms with Gasteiger partial charge in [0.2, 0.25) is 0 Å². The van der Waals surface area contributed by atoms with Crippen molar-refractivity contribution in [1.82, 2.24) is 9.55 Å². The molecule has 6 heteroatoms. The van der Waals surface area contributed by atoms with Gasteiger partial charge in [-0.15, -0.1) is 0 Å². The summed E-state index contributed by atoms with van der Waals surface area (Å²) in [4.78, 5) is 7.08. The number of imidazole rings is 1. The second kappa shape index (κ2) is 8.45. The van der Waals surface area contributed by atoms with Crippen LogP contribution in [-0.4, -0.2) is 22.6 Å². The lowest BCUT2D eigenvalue weighted by molar-refractivity contribution is -0.670. The van der Waals surface area contributed by atoms with Crippen molar-refractivity contribution in [3.63, 3.8) is 0 Å². The first-order valence-electron chi connectivity index (χ1n) is 10.3. The first-order chi connectivity index (χ1) is 14.6. The van der Waals surface area contributed by atoms with Gasteiger partial charge >= 0.3 is 0 Å². The minimum atomic E-state index is 0.816. The van der Waals surface area contributed by atoms with Gasteiger partial charge in [-0.1, -0.05) is 0 Å². The van der Waals surface area contributed by atoms with E-state index in [9.17, 15) is 0 Å². The third-order valence-corrected chi connectivity index (χ3v) is 5.35. The normalized spacial score (nSPS) is 11.5. The summed E-state index contributed by atoms with van der Waals surface area (Å²) >= 11 is 0. The van der Waals surface area contributed by atoms with Gasteiger partial charge in [-0.25, -0.2) is 9.55 Å². The number of benzene rings is 2. The number of azo groups is 1. The van der Waals surface area contributed by atoms with Crippen molar-refractivity contribution in [3.8, 4) is 11.4 Å². The number of aromatic nitrogens is 3. The summed E-state index contributed by atoms with van der Waals surface area (Å²) < 4.78 is 4.15. The maximum atomic E-state index is 4.77. The lowest BCUT2D eigenvalue weighted by Crippen LogP contribution is -2.26. The highest BCUT2D eigenvalue weighted by atomic mass is 15.1. The van der Waals surface area contributed by atoms with Gasteiger partial charge in [0.15, 0.2) is 12.4 Å². The molecule has 30 heavy (non-hydrogen) atoms. The van der Waals surface area contributed by atoms with Gasteiger partial charge in [0.1, 0.15) is 23.9 Å². The molecule has 0 spiro atoms. The van der Waals surface area contributed by atoms with Gasteiger partial charge < -0.3 is 9.47 Å². The van der Waals surface area contributed by atoms with E-state index in [-0.39, 0.29) is 0 Å². The summed E-state index contributed by atoms with van der Waals surface area (Å²) in [7, 11) is 4.06. The molecule has 2 aromatic carbocycles. The van der Waals surface area contributed by atoms with Crippen molar-refractivity contribution in [2.75, 3.05) is 18.0 Å². The Kier molecular flexibility index (Phi) is 5.57. The molecule has 2 aromatic heterocycles. The van der Waals surface area contributed by atoms with E-state index in [0.717, 1.165) is 46.9 Å². The topological polar surface area (TPSA) is 49.7 Å². The summed E-state index contributed by atoms with van der Waals surface area (Å²) in [5.41, 5.74) is 6.02. The maximum absolute atomic E-state index is 4.77. The third-order valence-electron chi connectivity index (χ3n) is 5.35. The van der Waals surface area contributed by atoms with Gasteiger partial charge in [-0.05, 0) is 62.4 Å². The van der Waals surface area contributed by atoms with Crippen LogP contribution in [0.15, 0.2) is 77.2 Å². The predicted molar refractivity (Wildman–Crippen MR) is 122 cm³/mol. The maximum Gasteiger partial charge on any atom is 0.194 e. The number of rotatable bonds is 6. The molecule has 0 N–H and O–H groups in total. The second-order valence-electron chi connectivity index (χ2n) is 7.31. The number of nitrogens with zero attached hydrogens (tertiary/aromatic N) is 6. The number of pyridine rings is 1. The van der Waals surface area contributed by atoms with Crippen molar-refractivity contribution in [2.24, 2.45) is 24.3 Å². The van der Waals surface area contributed by atoms with Gasteiger partial charge in [0.25, 0.3) is 0 Å². The van der Waals surface area contributed by atoms with E-state index in [0.29, 0.717) is 0 Å². The molecule has 4 aromatic rings. The Labute approximate surface area is 177 Å². The minimum absolute atomic E-state index is 0.816. The van der Waals surface area contributed by atoms with E-state index in [4.69, 9.17) is 4.98 Å². The highest BCUT2D eigenvalue weighted by Gasteiger charge is 2.12. The Morgan fingerprint density at radius 3 is 2.10 bits per heavy atom. The van der Waals surface area contributed by atoms with Crippen LogP contribution in [-0.2, 0) is 14.1 Å². The fourth-order valence-corrected chi connectivity index (χ4v) is 3.60. The fraction of sp³-hybridized carbons (Fsp3) is 0.250. The van der Waals surface area contributed by atoms with Crippen molar-refractivity contribution in [1.29, 1.82) is 0 Å². The predicted octanol–water partition coefficient (Wildman–Crippen LogP) is 5.33. The highest BCUT2D eigenvalue weighted by Crippen LogP contribution is 2.26. The molecule has 0 fully saturated rings. The van der Waals surface area contributed by atoms with Crippen molar-refractivity contribution < 1.29 is 4.57 Å². The van der Waals surface area contributed by atoms with E-state index < -0.39 is 0 Å². The van der Waals surface area contributed by atoms with Crippen molar-refractivity contribution >= 4 is 28.1 Å². The molecule has 4 rings (SSSR count). The molecular formula is C24H27N6+. The zero-order valence-electron chi connectivity index (χ0n) is 17.9. The average molecular weight is 400 g/mol. The summed E-state index contributed by atoms with van der Waals surface area (Å²) in [6.45, 7) is 6.31. The van der Waals surface area contributed by atoms with Gasteiger partial charge in [0, 0.05) is 37.5 Å². The molecule has 0 unspecified atom stereocenters. The van der Waals surface area contributed by atoms with Crippen LogP contribution in [0, 0.1) is 0 Å². The van der Waals surface area contributed by atoms with Crippen LogP contribution in [0.1, 0.15) is 13.8 Å². The minimum Gasteiger partial charge on any atom is -0.372 e. The SMILES string of the molecule is CCN(CC)c1ccc(N=Nc2ccc(-c3nc4cc[n+](C)cc4n3C)cc2)cc1. The van der Waals surface area contributed by atoms with E-state index in [1.165, 1.54) is 5.69 Å². The number of fused-ring (bicyclic) bond motifs is 1. The summed E-state index contributed by atoms with van der Waals surface area (Å²) in [6.07, 6.45) is 4.09. The Hall–Kier alpha value is -3.54. The van der Waals surface area contributed by atoms with Gasteiger partial charge in [-0.3, -0.25) is 0 Å². The number of hydrogen-bond donors (Lipinski definition) is 0. The van der Waals surface area contributed by atoms with Gasteiger partial charge in [-0.2, -0.15) is 10.2 Å². The largest absolute Gasteiger partial charge is 0.372 e. The average Bonchev–Trinajstić information content (AvgIpc) is 3.10. The Balaban J connectivity index is 1.52. The van der Waals surface area contributed by atoms with Crippen LogP contribution in [0.3, 0.4) is 0 Å². The first-order valence-corrected chi connectivity index (χ1v) is 10.3. The molecule has 0 bridgehead atoms. The number of aryl methyl sites for hydroxylation is 2. The third kappa shape index (κ3) is 3.94. The summed E-state index contributed by atoms with van der Waals surface area (Å²) in [5, 5.41) is 8.76. The zero-order chi connectivity index (χ0) is 21.1. The standard InChI is InChI=1S/C24H27N6/c1-5-30(6-2)21-13-11-20(12-14-21)27-26-19-9-7-18(8-10-19)24-25-22-15-16-28(3)17-23(22)29(24)4/h7-17H,5-6H2,1-4H3/q+1. The lowest BCUT2D eigenvalue weighted by atomic mass is 10.2. The highest BCUT2D eigenvalue weighted by molar-refractivity contribution is 5.79. The van der Waals surface area contributed by atoms with Crippen LogP contribution in [0.5, 0.6) is 0 Å². The second-order valence-corrected chi connectivity index (χ2v) is 7.31. The van der Waals surface area contributed by atoms with Crippen molar-refractivity contribution in [3.05, 3.63) is 67.0 Å². The van der Waals surface area contributed by atoms with Crippen LogP contribution in [0.25, 0.3) is 22.4 Å². The molecule has 0 saturated heterocycles.